The molecule has 0 radical (unpaired) electrons. The van der Waals surface area contributed by atoms with Gasteiger partial charge >= 0.3 is 5.97 Å². The van der Waals surface area contributed by atoms with Crippen molar-refractivity contribution in [1.82, 2.24) is 9.97 Å². The first-order chi connectivity index (χ1) is 12.6. The largest absolute Gasteiger partial charge is 0.493 e. The van der Waals surface area contributed by atoms with Gasteiger partial charge in [0.25, 0.3) is 0 Å². The predicted molar refractivity (Wildman–Crippen MR) is 101 cm³/mol. The molecule has 0 spiro atoms. The topological polar surface area (TPSA) is 70.5 Å². The van der Waals surface area contributed by atoms with Crippen molar-refractivity contribution in [1.29, 1.82) is 0 Å². The highest BCUT2D eigenvalue weighted by Crippen LogP contribution is 2.38. The number of rotatable bonds is 7. The summed E-state index contributed by atoms with van der Waals surface area (Å²) < 4.78 is 16.1. The van der Waals surface area contributed by atoms with Gasteiger partial charge in [0.15, 0.2) is 11.5 Å². The number of esters is 1. The van der Waals surface area contributed by atoms with Crippen molar-refractivity contribution in [2.45, 2.75) is 20.0 Å². The standard InChI is InChI=1S/C18H18N2O4S2/c1-11-19-12(9-25-11)7-16(21)24-8-13-10-26-18(20-13)14-5-4-6-15(22-2)17(14)23-3/h4-6,9-10H,7-8H2,1-3H3. The van der Waals surface area contributed by atoms with Crippen LogP contribution in [0.2, 0.25) is 0 Å². The second-order valence-corrected chi connectivity index (χ2v) is 7.30. The van der Waals surface area contributed by atoms with Gasteiger partial charge < -0.3 is 14.2 Å². The molecule has 0 unspecified atom stereocenters. The highest BCUT2D eigenvalue weighted by atomic mass is 32.1. The number of methoxy groups -OCH3 is 2. The number of nitrogens with zero attached hydrogens (tertiary/aromatic N) is 2. The zero-order valence-electron chi connectivity index (χ0n) is 14.6. The van der Waals surface area contributed by atoms with E-state index in [1.807, 2.05) is 35.9 Å². The summed E-state index contributed by atoms with van der Waals surface area (Å²) in [7, 11) is 3.19. The number of carbonyl (C=O) groups is 1. The lowest BCUT2D eigenvalue weighted by Crippen LogP contribution is -2.08. The van der Waals surface area contributed by atoms with Crippen molar-refractivity contribution in [2.24, 2.45) is 0 Å². The Hall–Kier alpha value is -2.45. The van der Waals surface area contributed by atoms with Crippen LogP contribution in [0.25, 0.3) is 10.6 Å². The number of para-hydroxylation sites is 1. The maximum absolute atomic E-state index is 11.9. The molecule has 0 N–H and O–H groups in total. The molecule has 0 aliphatic carbocycles. The van der Waals surface area contributed by atoms with Crippen molar-refractivity contribution in [3.63, 3.8) is 0 Å². The van der Waals surface area contributed by atoms with Gasteiger partial charge in [0.05, 0.1) is 42.6 Å². The molecule has 8 heteroatoms. The minimum atomic E-state index is -0.316. The van der Waals surface area contributed by atoms with Crippen LogP contribution in [-0.4, -0.2) is 30.2 Å². The van der Waals surface area contributed by atoms with Crippen LogP contribution in [0.5, 0.6) is 11.5 Å². The van der Waals surface area contributed by atoms with E-state index in [2.05, 4.69) is 9.97 Å². The summed E-state index contributed by atoms with van der Waals surface area (Å²) in [6.07, 6.45) is 0.172. The highest BCUT2D eigenvalue weighted by Gasteiger charge is 2.15. The Kier molecular flexibility index (Phi) is 5.85. The molecule has 0 amide bonds. The van der Waals surface area contributed by atoms with Crippen LogP contribution < -0.4 is 9.47 Å². The molecule has 26 heavy (non-hydrogen) atoms. The van der Waals surface area contributed by atoms with Gasteiger partial charge in [0.1, 0.15) is 11.6 Å². The third-order valence-electron chi connectivity index (χ3n) is 3.56. The number of hydrogen-bond donors (Lipinski definition) is 0. The third kappa shape index (κ3) is 4.20. The Morgan fingerprint density at radius 1 is 1.08 bits per heavy atom. The van der Waals surface area contributed by atoms with Gasteiger partial charge in [-0.2, -0.15) is 0 Å². The van der Waals surface area contributed by atoms with Gasteiger partial charge in [0.2, 0.25) is 0 Å². The maximum Gasteiger partial charge on any atom is 0.312 e. The number of ether oxygens (including phenoxy) is 3. The van der Waals surface area contributed by atoms with Crippen LogP contribution >= 0.6 is 22.7 Å². The minimum absolute atomic E-state index is 0.130. The molecule has 0 aliphatic rings. The van der Waals surface area contributed by atoms with Crippen molar-refractivity contribution in [3.8, 4) is 22.1 Å². The Morgan fingerprint density at radius 2 is 1.88 bits per heavy atom. The molecule has 0 atom stereocenters. The maximum atomic E-state index is 11.9. The van der Waals surface area contributed by atoms with Gasteiger partial charge in [0, 0.05) is 10.8 Å². The van der Waals surface area contributed by atoms with Gasteiger partial charge in [-0.05, 0) is 19.1 Å². The first kappa shape index (κ1) is 18.3. The minimum Gasteiger partial charge on any atom is -0.493 e. The van der Waals surface area contributed by atoms with E-state index in [0.717, 1.165) is 21.3 Å². The first-order valence-electron chi connectivity index (χ1n) is 7.83. The molecular formula is C18H18N2O4S2. The van der Waals surface area contributed by atoms with E-state index in [4.69, 9.17) is 14.2 Å². The molecule has 136 valence electrons. The summed E-state index contributed by atoms with van der Waals surface area (Å²) in [5.41, 5.74) is 2.27. The number of aromatic nitrogens is 2. The second-order valence-electron chi connectivity index (χ2n) is 5.38. The zero-order chi connectivity index (χ0) is 18.5. The molecule has 0 aliphatic heterocycles. The Morgan fingerprint density at radius 3 is 2.58 bits per heavy atom. The molecule has 3 aromatic rings. The van der Waals surface area contributed by atoms with Crippen LogP contribution in [0.15, 0.2) is 29.0 Å². The Bertz CT molecular complexity index is 904. The lowest BCUT2D eigenvalue weighted by atomic mass is 10.2. The van der Waals surface area contributed by atoms with E-state index in [9.17, 15) is 4.79 Å². The fourth-order valence-electron chi connectivity index (χ4n) is 2.40. The molecule has 0 bridgehead atoms. The molecule has 6 nitrogen and oxygen atoms in total. The van der Waals surface area contributed by atoms with Crippen LogP contribution in [0, 0.1) is 6.92 Å². The van der Waals surface area contributed by atoms with Gasteiger partial charge in [-0.1, -0.05) is 6.07 Å². The van der Waals surface area contributed by atoms with E-state index < -0.39 is 0 Å². The van der Waals surface area contributed by atoms with E-state index in [-0.39, 0.29) is 19.0 Å². The lowest BCUT2D eigenvalue weighted by Gasteiger charge is -2.10. The van der Waals surface area contributed by atoms with E-state index >= 15 is 0 Å². The van der Waals surface area contributed by atoms with Crippen LogP contribution in [0.1, 0.15) is 16.4 Å². The number of benzene rings is 1. The number of hydrogen-bond acceptors (Lipinski definition) is 8. The normalized spacial score (nSPS) is 10.6. The summed E-state index contributed by atoms with van der Waals surface area (Å²) in [6.45, 7) is 2.04. The molecule has 1 aromatic carbocycles. The lowest BCUT2D eigenvalue weighted by molar-refractivity contribution is -0.144. The van der Waals surface area contributed by atoms with Gasteiger partial charge in [-0.3, -0.25) is 4.79 Å². The van der Waals surface area contributed by atoms with Crippen LogP contribution in [0.3, 0.4) is 0 Å². The zero-order valence-corrected chi connectivity index (χ0v) is 16.3. The van der Waals surface area contributed by atoms with Crippen molar-refractivity contribution in [2.75, 3.05) is 14.2 Å². The quantitative estimate of drug-likeness (QED) is 0.570. The van der Waals surface area contributed by atoms with E-state index in [1.165, 1.54) is 22.7 Å². The molecule has 0 saturated carbocycles. The number of aryl methyl sites for hydroxylation is 1. The molecule has 3 rings (SSSR count). The molecule has 2 aromatic heterocycles. The SMILES string of the molecule is COc1cccc(-c2nc(COC(=O)Cc3csc(C)n3)cs2)c1OC. The Labute approximate surface area is 159 Å². The molecule has 0 fully saturated rings. The average molecular weight is 390 g/mol. The molecule has 0 saturated heterocycles. The van der Waals surface area contributed by atoms with E-state index in [0.29, 0.717) is 17.2 Å². The summed E-state index contributed by atoms with van der Waals surface area (Å²) >= 11 is 2.98. The van der Waals surface area contributed by atoms with Gasteiger partial charge in [-0.25, -0.2) is 9.97 Å². The summed E-state index contributed by atoms with van der Waals surface area (Å²) in [5, 5.41) is 5.45. The summed E-state index contributed by atoms with van der Waals surface area (Å²) in [4.78, 5) is 20.7. The van der Waals surface area contributed by atoms with E-state index in [1.54, 1.807) is 14.2 Å². The number of carbonyl (C=O) groups excluding carboxylic acids is 1. The smallest absolute Gasteiger partial charge is 0.312 e. The first-order valence-corrected chi connectivity index (χ1v) is 9.59. The summed E-state index contributed by atoms with van der Waals surface area (Å²) in [6, 6.07) is 5.63. The summed E-state index contributed by atoms with van der Waals surface area (Å²) in [5.74, 6) is 0.961. The van der Waals surface area contributed by atoms with Gasteiger partial charge in [-0.15, -0.1) is 22.7 Å². The predicted octanol–water partition coefficient (Wildman–Crippen LogP) is 3.88. The average Bonchev–Trinajstić information content (AvgIpc) is 3.28. The van der Waals surface area contributed by atoms with Crippen molar-refractivity contribution >= 4 is 28.6 Å². The Balaban J connectivity index is 1.66. The molecular weight excluding hydrogens is 372 g/mol. The highest BCUT2D eigenvalue weighted by molar-refractivity contribution is 7.13. The van der Waals surface area contributed by atoms with Crippen molar-refractivity contribution in [3.05, 3.63) is 45.4 Å². The molecule has 2 heterocycles. The van der Waals surface area contributed by atoms with Crippen LogP contribution in [0.4, 0.5) is 0 Å². The monoisotopic (exact) mass is 390 g/mol. The number of thiazole rings is 2. The fourth-order valence-corrected chi connectivity index (χ4v) is 3.83. The third-order valence-corrected chi connectivity index (χ3v) is 5.30. The van der Waals surface area contributed by atoms with Crippen molar-refractivity contribution < 1.29 is 19.0 Å². The van der Waals surface area contributed by atoms with Crippen LogP contribution in [-0.2, 0) is 22.6 Å². The fraction of sp³-hybridized carbons (Fsp3) is 0.278. The second kappa shape index (κ2) is 8.29.